The van der Waals surface area contributed by atoms with Gasteiger partial charge in [0.15, 0.2) is 44.0 Å². The van der Waals surface area contributed by atoms with E-state index in [0.717, 1.165) is 0 Å². The second kappa shape index (κ2) is 66.0. The lowest BCUT2D eigenvalue weighted by atomic mass is 9.96. The van der Waals surface area contributed by atoms with Gasteiger partial charge in [-0.1, -0.05) is 25.7 Å². The van der Waals surface area contributed by atoms with Crippen molar-refractivity contribution in [3.8, 4) is 0 Å². The van der Waals surface area contributed by atoms with Crippen LogP contribution in [0.1, 0.15) is 122 Å². The van der Waals surface area contributed by atoms with Crippen molar-refractivity contribution in [1.29, 1.82) is 0 Å². The minimum Gasteiger partial charge on any atom is -0.394 e. The van der Waals surface area contributed by atoms with Crippen molar-refractivity contribution in [2.75, 3.05) is 158 Å². The van der Waals surface area contributed by atoms with Crippen LogP contribution in [-0.4, -0.2) is 579 Å². The predicted octanol–water partition coefficient (Wildman–Crippen LogP) is -17.6. The van der Waals surface area contributed by atoms with Crippen molar-refractivity contribution < 1.29 is 242 Å². The number of carbonyl (C=O) groups is 9. The van der Waals surface area contributed by atoms with Crippen molar-refractivity contribution in [3.05, 3.63) is 0 Å². The molecule has 0 unspecified atom stereocenters. The summed E-state index contributed by atoms with van der Waals surface area (Å²) in [6.07, 6.45) is -56.1. The number of ether oxygens (including phenoxy) is 14. The Morgan fingerprint density at radius 2 is 0.562 bits per heavy atom. The summed E-state index contributed by atoms with van der Waals surface area (Å²) in [5.74, 6) is -5.07. The second-order valence-electron chi connectivity index (χ2n) is 36.7. The van der Waals surface area contributed by atoms with Gasteiger partial charge < -0.3 is 246 Å². The average molecular weight is 2120 g/mol. The van der Waals surface area contributed by atoms with Crippen molar-refractivity contribution in [2.45, 2.75) is 343 Å². The summed E-state index contributed by atoms with van der Waals surface area (Å²) in [4.78, 5) is 126. The van der Waals surface area contributed by atoms with Crippen LogP contribution in [-0.2, 0) is 109 Å². The molecule has 7 rings (SSSR count). The van der Waals surface area contributed by atoms with E-state index in [1.54, 1.807) is 0 Å². The fraction of sp³-hybridized carbons (Fsp3) is 0.898. The third-order valence-corrected chi connectivity index (χ3v) is 25.5. The van der Waals surface area contributed by atoms with Crippen LogP contribution in [0.3, 0.4) is 0 Å². The van der Waals surface area contributed by atoms with Crippen LogP contribution < -0.4 is 31.9 Å². The molecule has 8 amide bonds. The van der Waals surface area contributed by atoms with Crippen LogP contribution in [0.5, 0.6) is 0 Å². The Morgan fingerprint density at radius 1 is 0.274 bits per heavy atom. The van der Waals surface area contributed by atoms with E-state index in [9.17, 15) is 176 Å². The molecule has 0 bridgehead atoms. The van der Waals surface area contributed by atoms with Crippen LogP contribution in [0.4, 0.5) is 0 Å². The third-order valence-electron chi connectivity index (χ3n) is 25.5. The Balaban J connectivity index is 0.956. The standard InChI is InChI=1S/C88H155N9O49/c1-44(104)14-6-2-10-21-90-55(107)34-95(35-56(108)91-22-11-3-7-15-53(105)92-24-29-133-87-79(131)80(146-88-78(130)72(124)65(117)51(42-103)144-88)66(118)52(145-87)43-138-86-77(129)71(123)64(116)50(41-102)143-86)36-57(109)94-45(81(132)93-23-13-5-9-17-59(111)97(27-32-136-84-75(127)69(121)62(114)48(39-100)141-84)28-33-137-85-76(128)70(122)63(115)49(40-101)142-85)18-19-54(106)89-20-12-4-8-16-58(110)96(25-30-134-82-73(125)67(119)60(112)46(37-98)139-82)26-31-135-83-74(126)68(120)61(113)47(38-99)140-83/h45-52,60-80,82-88,98-103,112-131H,2-43H2,1H3,(H,89,106)(H,90,107)(H,91,108)(H,92,105)(H,93,132)(H,94,109)/t45-,46+,47+,48+,49+,50+,51+,52+,60+,61+,62+,63+,64+,65+,66+,67-,68-,69-,70-,71-,72-,73-,74-,75-,76-,77-,78-,79-,80-,82-,83-,84-,85-,86-,87-,88+/m0/s1. The number of hydrogen-bond acceptors (Lipinski definition) is 50. The summed E-state index contributed by atoms with van der Waals surface area (Å²) < 4.78 is 77.9. The first kappa shape index (κ1) is 127. The Hall–Kier alpha value is -6.21. The number of aliphatic hydroxyl groups is 26. The Kier molecular flexibility index (Phi) is 57.3. The highest BCUT2D eigenvalue weighted by Gasteiger charge is 2.54. The number of carbonyl (C=O) groups excluding carboxylic acids is 9. The number of ketones is 1. The van der Waals surface area contributed by atoms with Crippen LogP contribution in [0.15, 0.2) is 0 Å². The summed E-state index contributed by atoms with van der Waals surface area (Å²) >= 11 is 0. The number of hydrogen-bond donors (Lipinski definition) is 32. The number of unbranched alkanes of at least 4 members (excludes halogenated alkanes) is 8. The molecule has 146 heavy (non-hydrogen) atoms. The monoisotopic (exact) mass is 2120 g/mol. The molecule has 0 spiro atoms. The van der Waals surface area contributed by atoms with Crippen LogP contribution in [0.25, 0.3) is 0 Å². The lowest BCUT2D eigenvalue weighted by Gasteiger charge is -2.46. The summed E-state index contributed by atoms with van der Waals surface area (Å²) in [5, 5.41) is 285. The lowest BCUT2D eigenvalue weighted by Crippen LogP contribution is -2.65. The van der Waals surface area contributed by atoms with Crippen molar-refractivity contribution >= 4 is 53.0 Å². The molecule has 7 heterocycles. The van der Waals surface area contributed by atoms with Gasteiger partial charge in [0.25, 0.3) is 0 Å². The summed E-state index contributed by atoms with van der Waals surface area (Å²) in [6.45, 7) is -8.59. The van der Waals surface area contributed by atoms with Gasteiger partial charge in [0.05, 0.1) is 98.9 Å². The molecule has 7 aliphatic rings. The fourth-order valence-electron chi connectivity index (χ4n) is 16.7. The minimum atomic E-state index is -2.01. The average Bonchev–Trinajstić information content (AvgIpc) is 0.789. The summed E-state index contributed by atoms with van der Waals surface area (Å²) in [7, 11) is 0. The molecule has 7 aliphatic heterocycles. The highest BCUT2D eigenvalue weighted by Crippen LogP contribution is 2.34. The van der Waals surface area contributed by atoms with E-state index in [-0.39, 0.29) is 168 Å². The van der Waals surface area contributed by atoms with Crippen LogP contribution >= 0.6 is 0 Å². The molecule has 0 aliphatic carbocycles. The first-order valence-electron chi connectivity index (χ1n) is 49.2. The minimum absolute atomic E-state index is 0.0242. The van der Waals surface area contributed by atoms with E-state index >= 15 is 0 Å². The molecule has 58 heteroatoms. The number of aliphatic hydroxyl groups excluding tert-OH is 26. The van der Waals surface area contributed by atoms with E-state index in [0.29, 0.717) is 44.9 Å². The highest BCUT2D eigenvalue weighted by molar-refractivity contribution is 5.90. The molecule has 0 radical (unpaired) electrons. The quantitative estimate of drug-likeness (QED) is 0.0251. The van der Waals surface area contributed by atoms with Crippen molar-refractivity contribution in [2.24, 2.45) is 0 Å². The zero-order valence-corrected chi connectivity index (χ0v) is 81.3. The predicted molar refractivity (Wildman–Crippen MR) is 484 cm³/mol. The Labute approximate surface area is 840 Å². The van der Waals surface area contributed by atoms with Gasteiger partial charge in [0, 0.05) is 91.0 Å². The smallest absolute Gasteiger partial charge is 0.242 e. The first-order valence-corrected chi connectivity index (χ1v) is 49.2. The fourth-order valence-corrected chi connectivity index (χ4v) is 16.7. The van der Waals surface area contributed by atoms with Gasteiger partial charge in [-0.15, -0.1) is 0 Å². The van der Waals surface area contributed by atoms with Crippen molar-refractivity contribution in [3.63, 3.8) is 0 Å². The third kappa shape index (κ3) is 39.7. The molecular weight excluding hydrogens is 1970 g/mol. The second-order valence-corrected chi connectivity index (χ2v) is 36.7. The number of rotatable bonds is 66. The molecule has 58 nitrogen and oxygen atoms in total. The van der Waals surface area contributed by atoms with Gasteiger partial charge in [0.1, 0.15) is 183 Å². The molecule has 0 aromatic heterocycles. The van der Waals surface area contributed by atoms with E-state index in [4.69, 9.17) is 66.3 Å². The van der Waals surface area contributed by atoms with Gasteiger partial charge in [-0.25, -0.2) is 0 Å². The maximum absolute atomic E-state index is 14.3. The normalized spacial score (nSPS) is 34.0. The number of nitrogens with one attached hydrogen (secondary N) is 6. The van der Waals surface area contributed by atoms with Crippen LogP contribution in [0, 0.1) is 0 Å². The summed E-state index contributed by atoms with van der Waals surface area (Å²) in [6, 6.07) is -1.47. The van der Waals surface area contributed by atoms with E-state index in [1.807, 2.05) is 0 Å². The highest BCUT2D eigenvalue weighted by atomic mass is 16.8. The topological polar surface area (TPSA) is 891 Å². The lowest BCUT2D eigenvalue weighted by molar-refractivity contribution is -0.366. The Bertz CT molecular complexity index is 3710. The van der Waals surface area contributed by atoms with Gasteiger partial charge in [-0.3, -0.25) is 43.3 Å². The van der Waals surface area contributed by atoms with E-state index < -0.39 is 334 Å². The molecule has 7 saturated heterocycles. The number of Topliss-reactive ketones (excluding diaryl/α,β-unsaturated/α-hetero) is 1. The molecule has 0 aromatic rings. The van der Waals surface area contributed by atoms with Gasteiger partial charge in [-0.05, 0) is 64.7 Å². The zero-order valence-electron chi connectivity index (χ0n) is 81.3. The zero-order chi connectivity index (χ0) is 108. The molecule has 7 fully saturated rings. The van der Waals surface area contributed by atoms with Gasteiger partial charge in [0.2, 0.25) is 47.3 Å². The van der Waals surface area contributed by atoms with Crippen molar-refractivity contribution in [1.82, 2.24) is 46.6 Å². The van der Waals surface area contributed by atoms with Gasteiger partial charge >= 0.3 is 0 Å². The SMILES string of the molecule is CC(=O)CCCCCNC(=O)CN(CC(=O)NCCCCCC(=O)NCCO[C@H]1O[C@H](CO[C@H]2O[C@H](CO)[C@@H](O)[C@H](O)[C@@H]2O)[C@@H](O)[C@H](O[C@H]2O[C@H](CO)[C@@H](O)[C@H](O)[C@@H]2O)[C@@H]1O)CC(=O)N[C@@H](CCC(=O)NCCCCCC(=O)N(CCO[C@H]1O[C@H](CO)[C@@H](O)[C@H](O)[C@@H]1O)CCO[C@H]1O[C@H](CO)[C@@H](O)[C@H](O)[C@@H]1O)C(=O)NCCCCCC(=O)N(CCO[C@H]1O[C@H](CO)[C@@H](O)[C@H](O)[C@@H]1O)CCO[C@H]1O[C@H](CO)[C@@H](O)[C@H](O)[C@@H]1O. The van der Waals surface area contributed by atoms with Gasteiger partial charge in [-0.2, -0.15) is 0 Å². The summed E-state index contributed by atoms with van der Waals surface area (Å²) in [5.41, 5.74) is 0. The molecule has 846 valence electrons. The molecule has 0 saturated carbocycles. The first-order chi connectivity index (χ1) is 69.6. The molecule has 32 N–H and O–H groups in total. The maximum atomic E-state index is 14.3. The molecule has 36 atom stereocenters. The molecule has 0 aromatic carbocycles. The number of nitrogens with zero attached hydrogens (tertiary/aromatic N) is 3. The van der Waals surface area contributed by atoms with Crippen LogP contribution in [0.2, 0.25) is 0 Å². The Morgan fingerprint density at radius 3 is 0.925 bits per heavy atom. The molecular formula is C88H155N9O49. The number of amides is 8. The van der Waals surface area contributed by atoms with E-state index in [1.165, 1.54) is 21.6 Å². The largest absolute Gasteiger partial charge is 0.394 e. The van der Waals surface area contributed by atoms with E-state index in [2.05, 4.69) is 31.9 Å². The maximum Gasteiger partial charge on any atom is 0.242 e.